The normalized spacial score (nSPS) is 6.80. The minimum atomic E-state index is 0. The van der Waals surface area contributed by atoms with Crippen molar-refractivity contribution in [2.45, 2.75) is 0 Å². The van der Waals surface area contributed by atoms with Crippen molar-refractivity contribution < 1.29 is 39.1 Å². The molecule has 1 aromatic carbocycles. The topological polar surface area (TPSA) is 17.1 Å². The zero-order valence-corrected chi connectivity index (χ0v) is 7.75. The van der Waals surface area contributed by atoms with Gasteiger partial charge in [0.25, 0.3) is 0 Å². The van der Waals surface area contributed by atoms with Gasteiger partial charge in [-0.25, -0.2) is 0 Å². The summed E-state index contributed by atoms with van der Waals surface area (Å²) in [4.78, 5) is 10.0. The van der Waals surface area contributed by atoms with E-state index >= 15 is 0 Å². The minimum Gasteiger partial charge on any atom is -1.00 e. The minimum absolute atomic E-state index is 0. The molecule has 0 fully saturated rings. The Morgan fingerprint density at radius 2 is 1.60 bits per heavy atom. The van der Waals surface area contributed by atoms with Gasteiger partial charge >= 0.3 is 29.6 Å². The van der Waals surface area contributed by atoms with Gasteiger partial charge in [0.05, 0.1) is 0 Å². The van der Waals surface area contributed by atoms with Crippen LogP contribution in [0.5, 0.6) is 0 Å². The zero-order valence-electron chi connectivity index (χ0n) is 5.75. The fourth-order valence-electron chi connectivity index (χ4n) is 0.532. The molecule has 0 saturated heterocycles. The van der Waals surface area contributed by atoms with Crippen molar-refractivity contribution in [1.82, 2.24) is 0 Å². The molecule has 0 spiro atoms. The predicted octanol–water partition coefficient (Wildman–Crippen LogP) is -4.49. The van der Waals surface area contributed by atoms with Crippen LogP contribution >= 0.6 is 0 Å². The van der Waals surface area contributed by atoms with E-state index in [0.717, 1.165) is 11.8 Å². The van der Waals surface area contributed by atoms with E-state index in [1.54, 1.807) is 12.1 Å². The van der Waals surface area contributed by atoms with Crippen LogP contribution in [0, 0.1) is 0 Å². The molecule has 0 N–H and O–H groups in total. The summed E-state index contributed by atoms with van der Waals surface area (Å²) in [6, 6.07) is 9.10. The van der Waals surface area contributed by atoms with Crippen LogP contribution in [0.4, 0.5) is 0 Å². The number of hydrogen-bond donors (Lipinski definition) is 0. The van der Waals surface area contributed by atoms with Crippen molar-refractivity contribution in [3.8, 4) is 0 Å². The van der Waals surface area contributed by atoms with Gasteiger partial charge in [0.15, 0.2) is 0 Å². The Labute approximate surface area is 81.1 Å². The molecule has 0 heterocycles. The van der Waals surface area contributed by atoms with Crippen LogP contribution in [0.3, 0.4) is 0 Å². The van der Waals surface area contributed by atoms with Crippen LogP contribution in [0.15, 0.2) is 30.3 Å². The van der Waals surface area contributed by atoms with Gasteiger partial charge in [-0.3, -0.25) is 4.79 Å². The SMILES string of the molecule is O=Cc1ccccc1.[F-].[Na+]. The summed E-state index contributed by atoms with van der Waals surface area (Å²) in [7, 11) is 0. The Bertz CT molecular complexity index is 176. The second-order valence-corrected chi connectivity index (χ2v) is 1.53. The van der Waals surface area contributed by atoms with E-state index in [-0.39, 0.29) is 34.3 Å². The molecule has 0 radical (unpaired) electrons. The first-order valence-electron chi connectivity index (χ1n) is 2.44. The van der Waals surface area contributed by atoms with Crippen molar-refractivity contribution in [3.05, 3.63) is 35.9 Å². The molecule has 0 amide bonds. The van der Waals surface area contributed by atoms with Gasteiger partial charge < -0.3 is 4.70 Å². The van der Waals surface area contributed by atoms with Crippen molar-refractivity contribution in [2.24, 2.45) is 0 Å². The monoisotopic (exact) mass is 148 g/mol. The van der Waals surface area contributed by atoms with Crippen LogP contribution in [0.1, 0.15) is 10.4 Å². The van der Waals surface area contributed by atoms with Gasteiger partial charge in [-0.2, -0.15) is 0 Å². The maximum absolute atomic E-state index is 10.0. The first-order chi connectivity index (χ1) is 3.93. The summed E-state index contributed by atoms with van der Waals surface area (Å²) in [6.07, 6.45) is 0.833. The molecule has 10 heavy (non-hydrogen) atoms. The molecule has 0 aliphatic carbocycles. The number of aldehydes is 1. The molecule has 0 saturated carbocycles. The van der Waals surface area contributed by atoms with Gasteiger partial charge in [-0.05, 0) is 0 Å². The van der Waals surface area contributed by atoms with Crippen LogP contribution in [0.2, 0.25) is 0 Å². The second-order valence-electron chi connectivity index (χ2n) is 1.53. The fourth-order valence-corrected chi connectivity index (χ4v) is 0.532. The van der Waals surface area contributed by atoms with Crippen LogP contribution in [-0.2, 0) is 0 Å². The third-order valence-electron chi connectivity index (χ3n) is 0.936. The van der Waals surface area contributed by atoms with E-state index in [9.17, 15) is 4.79 Å². The first kappa shape index (κ1) is 12.5. The summed E-state index contributed by atoms with van der Waals surface area (Å²) < 4.78 is 0. The molecule has 0 aliphatic rings. The predicted molar refractivity (Wildman–Crippen MR) is 31.8 cm³/mol. The average molecular weight is 148 g/mol. The van der Waals surface area contributed by atoms with Gasteiger partial charge in [0.1, 0.15) is 6.29 Å². The molecule has 1 aromatic rings. The number of carbonyl (C=O) groups is 1. The quantitative estimate of drug-likeness (QED) is 0.290. The molecule has 0 unspecified atom stereocenters. The molecule has 0 aromatic heterocycles. The molecular formula is C7H6FNaO. The smallest absolute Gasteiger partial charge is 1.00 e. The average Bonchev–Trinajstić information content (AvgIpc) is 1.90. The van der Waals surface area contributed by atoms with Crippen molar-refractivity contribution in [2.75, 3.05) is 0 Å². The van der Waals surface area contributed by atoms with E-state index in [1.165, 1.54) is 0 Å². The summed E-state index contributed by atoms with van der Waals surface area (Å²) in [5.74, 6) is 0. The summed E-state index contributed by atoms with van der Waals surface area (Å²) in [6.45, 7) is 0. The largest absolute Gasteiger partial charge is 1.00 e. The standard InChI is InChI=1S/C7H6O.FH.Na/c8-6-7-4-2-1-3-5-7;;/h1-6H;1H;/q;;+1/p-1. The van der Waals surface area contributed by atoms with Gasteiger partial charge in [0, 0.05) is 5.56 Å². The molecule has 0 bridgehead atoms. The van der Waals surface area contributed by atoms with Crippen molar-refractivity contribution >= 4 is 6.29 Å². The van der Waals surface area contributed by atoms with E-state index in [0.29, 0.717) is 0 Å². The van der Waals surface area contributed by atoms with Crippen molar-refractivity contribution in [3.63, 3.8) is 0 Å². The summed E-state index contributed by atoms with van der Waals surface area (Å²) in [5, 5.41) is 0. The zero-order chi connectivity index (χ0) is 5.82. The Hall–Kier alpha value is -0.180. The van der Waals surface area contributed by atoms with E-state index in [1.807, 2.05) is 18.2 Å². The Morgan fingerprint density at radius 3 is 1.90 bits per heavy atom. The number of carbonyl (C=O) groups excluding carboxylic acids is 1. The van der Waals surface area contributed by atoms with Crippen LogP contribution in [-0.4, -0.2) is 6.29 Å². The Balaban J connectivity index is 0. The summed E-state index contributed by atoms with van der Waals surface area (Å²) in [5.41, 5.74) is 0.729. The third kappa shape index (κ3) is 3.77. The number of halogens is 1. The first-order valence-corrected chi connectivity index (χ1v) is 2.44. The fraction of sp³-hybridized carbons (Fsp3) is 0. The maximum atomic E-state index is 10.0. The number of hydrogen-bond acceptors (Lipinski definition) is 1. The number of benzene rings is 1. The molecule has 1 nitrogen and oxygen atoms in total. The van der Waals surface area contributed by atoms with E-state index in [4.69, 9.17) is 0 Å². The van der Waals surface area contributed by atoms with Crippen molar-refractivity contribution in [1.29, 1.82) is 0 Å². The molecule has 3 heteroatoms. The number of rotatable bonds is 1. The van der Waals surface area contributed by atoms with Gasteiger partial charge in [-0.15, -0.1) is 0 Å². The molecule has 1 rings (SSSR count). The molecule has 0 aliphatic heterocycles. The Kier molecular flexibility index (Phi) is 8.66. The van der Waals surface area contributed by atoms with Crippen LogP contribution in [0.25, 0.3) is 0 Å². The summed E-state index contributed by atoms with van der Waals surface area (Å²) >= 11 is 0. The molecule has 48 valence electrons. The second kappa shape index (κ2) is 6.93. The maximum Gasteiger partial charge on any atom is 1.00 e. The van der Waals surface area contributed by atoms with Crippen LogP contribution < -0.4 is 34.3 Å². The van der Waals surface area contributed by atoms with Gasteiger partial charge in [-0.1, -0.05) is 30.3 Å². The Morgan fingerprint density at radius 1 is 1.10 bits per heavy atom. The third-order valence-corrected chi connectivity index (χ3v) is 0.936. The molecular weight excluding hydrogens is 142 g/mol. The van der Waals surface area contributed by atoms with E-state index in [2.05, 4.69) is 0 Å². The van der Waals surface area contributed by atoms with E-state index < -0.39 is 0 Å². The molecule has 0 atom stereocenters. The van der Waals surface area contributed by atoms with Gasteiger partial charge in [0.2, 0.25) is 0 Å².